The minimum Gasteiger partial charge on any atom is -0.504 e. The second kappa shape index (κ2) is 7.39. The zero-order valence-electron chi connectivity index (χ0n) is 14.9. The molecule has 0 saturated heterocycles. The first kappa shape index (κ1) is 17.7. The Morgan fingerprint density at radius 2 is 1.81 bits per heavy atom. The summed E-state index contributed by atoms with van der Waals surface area (Å²) in [5, 5.41) is 10.6. The number of phenols is 1. The number of carbonyl (C=O) groups excluding carboxylic acids is 1. The van der Waals surface area contributed by atoms with Crippen molar-refractivity contribution in [2.75, 3.05) is 21.3 Å². The van der Waals surface area contributed by atoms with E-state index in [1.165, 1.54) is 14.2 Å². The van der Waals surface area contributed by atoms with Gasteiger partial charge in [-0.15, -0.1) is 0 Å². The van der Waals surface area contributed by atoms with Crippen LogP contribution >= 0.6 is 0 Å². The molecule has 3 aromatic rings. The van der Waals surface area contributed by atoms with E-state index in [2.05, 4.69) is 4.74 Å². The smallest absolute Gasteiger partial charge is 0.305 e. The largest absolute Gasteiger partial charge is 0.504 e. The molecular formula is C20H20O6. The van der Waals surface area contributed by atoms with Crippen LogP contribution in [-0.4, -0.2) is 32.4 Å². The Hall–Kier alpha value is -3.15. The first-order valence-electron chi connectivity index (χ1n) is 8.10. The Morgan fingerprint density at radius 3 is 2.50 bits per heavy atom. The fourth-order valence-corrected chi connectivity index (χ4v) is 2.80. The highest BCUT2D eigenvalue weighted by Gasteiger charge is 2.14. The molecule has 1 heterocycles. The summed E-state index contributed by atoms with van der Waals surface area (Å²) in [4.78, 5) is 11.4. The summed E-state index contributed by atoms with van der Waals surface area (Å²) < 4.78 is 21.2. The molecule has 26 heavy (non-hydrogen) atoms. The molecule has 0 fully saturated rings. The number of benzene rings is 2. The van der Waals surface area contributed by atoms with E-state index < -0.39 is 0 Å². The molecule has 0 atom stereocenters. The number of furan rings is 1. The van der Waals surface area contributed by atoms with Crippen molar-refractivity contribution < 1.29 is 28.5 Å². The van der Waals surface area contributed by atoms with Gasteiger partial charge in [-0.2, -0.15) is 0 Å². The summed E-state index contributed by atoms with van der Waals surface area (Å²) in [6, 6.07) is 10.7. The van der Waals surface area contributed by atoms with Crippen LogP contribution in [0.25, 0.3) is 22.3 Å². The third-order valence-corrected chi connectivity index (χ3v) is 4.17. The maximum Gasteiger partial charge on any atom is 0.305 e. The number of carbonyl (C=O) groups is 1. The van der Waals surface area contributed by atoms with Gasteiger partial charge in [-0.05, 0) is 48.4 Å². The van der Waals surface area contributed by atoms with E-state index in [1.807, 2.05) is 18.2 Å². The number of phenolic OH excluding ortho intramolecular Hbond substituents is 1. The van der Waals surface area contributed by atoms with E-state index in [9.17, 15) is 9.90 Å². The minimum absolute atomic E-state index is 0.0649. The normalized spacial score (nSPS) is 10.7. The molecular weight excluding hydrogens is 336 g/mol. The summed E-state index contributed by atoms with van der Waals surface area (Å²) >= 11 is 0. The van der Waals surface area contributed by atoms with E-state index in [4.69, 9.17) is 13.9 Å². The number of rotatable bonds is 6. The van der Waals surface area contributed by atoms with E-state index in [0.29, 0.717) is 35.7 Å². The quantitative estimate of drug-likeness (QED) is 0.674. The van der Waals surface area contributed by atoms with E-state index in [1.54, 1.807) is 25.3 Å². The maximum absolute atomic E-state index is 11.4. The molecule has 0 unspecified atom stereocenters. The number of fused-ring (bicyclic) bond motifs is 1. The third kappa shape index (κ3) is 3.44. The van der Waals surface area contributed by atoms with Gasteiger partial charge in [0.15, 0.2) is 22.8 Å². The predicted octanol–water partition coefficient (Wildman–Crippen LogP) is 3.93. The molecule has 0 saturated carbocycles. The second-order valence-electron chi connectivity index (χ2n) is 5.79. The van der Waals surface area contributed by atoms with Crippen LogP contribution in [0.15, 0.2) is 40.8 Å². The number of hydrogen-bond donors (Lipinski definition) is 1. The van der Waals surface area contributed by atoms with Crippen LogP contribution in [0, 0.1) is 0 Å². The van der Waals surface area contributed by atoms with E-state index in [0.717, 1.165) is 16.5 Å². The topological polar surface area (TPSA) is 78.1 Å². The third-order valence-electron chi connectivity index (χ3n) is 4.17. The lowest BCUT2D eigenvalue weighted by atomic mass is 10.1. The highest BCUT2D eigenvalue weighted by Crippen LogP contribution is 2.37. The van der Waals surface area contributed by atoms with Crippen LogP contribution in [0.1, 0.15) is 12.0 Å². The van der Waals surface area contributed by atoms with Gasteiger partial charge < -0.3 is 23.7 Å². The minimum atomic E-state index is -0.256. The fourth-order valence-electron chi connectivity index (χ4n) is 2.80. The number of aryl methyl sites for hydroxylation is 1. The van der Waals surface area contributed by atoms with Gasteiger partial charge in [0.1, 0.15) is 5.76 Å². The van der Waals surface area contributed by atoms with Crippen LogP contribution < -0.4 is 9.47 Å². The van der Waals surface area contributed by atoms with Gasteiger partial charge in [-0.25, -0.2) is 0 Å². The summed E-state index contributed by atoms with van der Waals surface area (Å²) in [6.07, 6.45) is 0.845. The van der Waals surface area contributed by atoms with Gasteiger partial charge in [0.25, 0.3) is 0 Å². The van der Waals surface area contributed by atoms with Crippen LogP contribution in [0.5, 0.6) is 17.2 Å². The van der Waals surface area contributed by atoms with Gasteiger partial charge in [0.05, 0.1) is 21.3 Å². The monoisotopic (exact) mass is 356 g/mol. The number of esters is 1. The molecule has 1 N–H and O–H groups in total. The highest BCUT2D eigenvalue weighted by molar-refractivity contribution is 5.88. The summed E-state index contributed by atoms with van der Waals surface area (Å²) in [6.45, 7) is 0. The van der Waals surface area contributed by atoms with Crippen molar-refractivity contribution in [1.82, 2.24) is 0 Å². The molecule has 3 rings (SSSR count). The van der Waals surface area contributed by atoms with Crippen LogP contribution in [0.3, 0.4) is 0 Å². The van der Waals surface area contributed by atoms with Crippen LogP contribution in [0.2, 0.25) is 0 Å². The molecule has 1 aromatic heterocycles. The van der Waals surface area contributed by atoms with Crippen molar-refractivity contribution in [2.24, 2.45) is 0 Å². The second-order valence-corrected chi connectivity index (χ2v) is 5.79. The van der Waals surface area contributed by atoms with Crippen molar-refractivity contribution in [2.45, 2.75) is 12.8 Å². The predicted molar refractivity (Wildman–Crippen MR) is 96.8 cm³/mol. The van der Waals surface area contributed by atoms with Crippen molar-refractivity contribution in [3.63, 3.8) is 0 Å². The molecule has 0 aliphatic rings. The lowest BCUT2D eigenvalue weighted by molar-refractivity contribution is -0.140. The number of hydrogen-bond acceptors (Lipinski definition) is 6. The lowest BCUT2D eigenvalue weighted by Crippen LogP contribution is -2.02. The van der Waals surface area contributed by atoms with E-state index in [-0.39, 0.29) is 11.7 Å². The maximum atomic E-state index is 11.4. The molecule has 0 amide bonds. The molecule has 0 aliphatic heterocycles. The fraction of sp³-hybridized carbons (Fsp3) is 0.250. The van der Waals surface area contributed by atoms with Gasteiger partial charge >= 0.3 is 5.97 Å². The summed E-state index contributed by atoms with van der Waals surface area (Å²) in [5.74, 6) is 1.40. The highest BCUT2D eigenvalue weighted by atomic mass is 16.5. The van der Waals surface area contributed by atoms with Gasteiger partial charge in [0, 0.05) is 17.4 Å². The SMILES string of the molecule is COC(=O)CCc1cc(OC)c2oc(-c3ccc(O)c(OC)c3)cc2c1. The van der Waals surface area contributed by atoms with Crippen molar-refractivity contribution in [1.29, 1.82) is 0 Å². The summed E-state index contributed by atoms with van der Waals surface area (Å²) in [7, 11) is 4.44. The average Bonchev–Trinajstić information content (AvgIpc) is 3.09. The average molecular weight is 356 g/mol. The molecule has 0 radical (unpaired) electrons. The van der Waals surface area contributed by atoms with Crippen molar-refractivity contribution in [3.05, 3.63) is 42.0 Å². The Kier molecular flexibility index (Phi) is 5.02. The Balaban J connectivity index is 2.00. The van der Waals surface area contributed by atoms with Crippen molar-refractivity contribution >= 4 is 16.9 Å². The van der Waals surface area contributed by atoms with Crippen LogP contribution in [0.4, 0.5) is 0 Å². The number of aromatic hydroxyl groups is 1. The molecule has 0 spiro atoms. The zero-order chi connectivity index (χ0) is 18.7. The molecule has 0 bridgehead atoms. The molecule has 0 aliphatic carbocycles. The van der Waals surface area contributed by atoms with E-state index >= 15 is 0 Å². The first-order chi connectivity index (χ1) is 12.5. The Bertz CT molecular complexity index is 941. The number of ether oxygens (including phenoxy) is 3. The lowest BCUT2D eigenvalue weighted by Gasteiger charge is -2.05. The zero-order valence-corrected chi connectivity index (χ0v) is 14.9. The molecule has 6 nitrogen and oxygen atoms in total. The van der Waals surface area contributed by atoms with Gasteiger partial charge in [-0.1, -0.05) is 0 Å². The Morgan fingerprint density at radius 1 is 1.04 bits per heavy atom. The summed E-state index contributed by atoms with van der Waals surface area (Å²) in [5.41, 5.74) is 2.35. The standard InChI is InChI=1S/C20H20O6/c1-23-17-10-13(5-6-15(17)21)16-11-14-8-12(4-7-19(22)25-3)9-18(24-2)20(14)26-16/h5-6,8-11,21H,4,7H2,1-3H3. The van der Waals surface area contributed by atoms with Crippen LogP contribution in [-0.2, 0) is 16.0 Å². The van der Waals surface area contributed by atoms with Gasteiger partial charge in [-0.3, -0.25) is 4.79 Å². The van der Waals surface area contributed by atoms with Gasteiger partial charge in [0.2, 0.25) is 0 Å². The van der Waals surface area contributed by atoms with Crippen molar-refractivity contribution in [3.8, 4) is 28.6 Å². The first-order valence-corrected chi connectivity index (χ1v) is 8.10. The molecule has 136 valence electrons. The Labute approximate surface area is 150 Å². The number of methoxy groups -OCH3 is 3. The molecule has 6 heteroatoms. The molecule has 2 aromatic carbocycles.